The molecule has 0 atom stereocenters. The highest BCUT2D eigenvalue weighted by Crippen LogP contribution is 2.27. The van der Waals surface area contributed by atoms with Crippen molar-refractivity contribution >= 4 is 17.6 Å². The second-order valence-electron chi connectivity index (χ2n) is 5.56. The molecule has 2 rings (SSSR count). The second-order valence-corrected chi connectivity index (χ2v) is 5.56. The number of esters is 1. The van der Waals surface area contributed by atoms with Crippen molar-refractivity contribution in [1.29, 1.82) is 0 Å². The zero-order chi connectivity index (χ0) is 20.0. The topological polar surface area (TPSA) is 99.0 Å². The number of carbonyl (C=O) groups excluding carboxylic acids is 2. The van der Waals surface area contributed by atoms with Gasteiger partial charge in [0.1, 0.15) is 5.82 Å². The monoisotopic (exact) mass is 376 g/mol. The molecule has 0 radical (unpaired) electrons. The molecule has 0 aliphatic carbocycles. The number of nitrogens with zero attached hydrogens (tertiary/aromatic N) is 2. The second kappa shape index (κ2) is 8.75. The van der Waals surface area contributed by atoms with Crippen LogP contribution in [0.1, 0.15) is 15.9 Å². The standard InChI is InChI=1S/C18H17FN2O6/c1-20(10-13-5-3-4-6-14(13)19)17(22)11-27-18(23)12-7-8-16(26-2)15(9-12)21(24)25/h3-9H,10-11H2,1-2H3. The van der Waals surface area contributed by atoms with E-state index in [2.05, 4.69) is 0 Å². The first-order valence-electron chi connectivity index (χ1n) is 7.80. The summed E-state index contributed by atoms with van der Waals surface area (Å²) >= 11 is 0. The Morgan fingerprint density at radius 3 is 2.56 bits per heavy atom. The molecule has 0 heterocycles. The van der Waals surface area contributed by atoms with Crippen molar-refractivity contribution < 1.29 is 28.4 Å². The number of hydrogen-bond donors (Lipinski definition) is 0. The Morgan fingerprint density at radius 1 is 1.22 bits per heavy atom. The summed E-state index contributed by atoms with van der Waals surface area (Å²) < 4.78 is 23.4. The minimum atomic E-state index is -0.895. The number of halogens is 1. The average molecular weight is 376 g/mol. The molecule has 0 spiro atoms. The summed E-state index contributed by atoms with van der Waals surface area (Å²) in [5.74, 6) is -1.89. The molecule has 0 saturated carbocycles. The molecule has 8 nitrogen and oxygen atoms in total. The summed E-state index contributed by atoms with van der Waals surface area (Å²) in [4.78, 5) is 35.6. The fourth-order valence-corrected chi connectivity index (χ4v) is 2.25. The van der Waals surface area contributed by atoms with Crippen LogP contribution in [-0.4, -0.2) is 42.5 Å². The smallest absolute Gasteiger partial charge is 0.338 e. The third kappa shape index (κ3) is 5.00. The number of ether oxygens (including phenoxy) is 2. The zero-order valence-corrected chi connectivity index (χ0v) is 14.7. The van der Waals surface area contributed by atoms with Crippen LogP contribution in [-0.2, 0) is 16.1 Å². The van der Waals surface area contributed by atoms with Crippen LogP contribution in [0.2, 0.25) is 0 Å². The molecule has 9 heteroatoms. The van der Waals surface area contributed by atoms with Gasteiger partial charge in [0, 0.05) is 25.2 Å². The summed E-state index contributed by atoms with van der Waals surface area (Å²) in [7, 11) is 2.71. The van der Waals surface area contributed by atoms with Gasteiger partial charge in [-0.3, -0.25) is 14.9 Å². The number of methoxy groups -OCH3 is 1. The van der Waals surface area contributed by atoms with Gasteiger partial charge >= 0.3 is 11.7 Å². The Bertz CT molecular complexity index is 871. The summed E-state index contributed by atoms with van der Waals surface area (Å²) in [6, 6.07) is 9.58. The predicted octanol–water partition coefficient (Wildman–Crippen LogP) is 2.56. The third-order valence-electron chi connectivity index (χ3n) is 3.73. The van der Waals surface area contributed by atoms with E-state index in [1.807, 2.05) is 0 Å². The first kappa shape index (κ1) is 19.8. The third-order valence-corrected chi connectivity index (χ3v) is 3.73. The molecule has 0 aliphatic heterocycles. The molecule has 2 aromatic rings. The fraction of sp³-hybridized carbons (Fsp3) is 0.222. The maximum absolute atomic E-state index is 13.6. The van der Waals surface area contributed by atoms with Crippen molar-refractivity contribution in [2.45, 2.75) is 6.54 Å². The molecule has 2 aromatic carbocycles. The van der Waals surface area contributed by atoms with Crippen molar-refractivity contribution in [3.63, 3.8) is 0 Å². The maximum atomic E-state index is 13.6. The number of likely N-dealkylation sites (N-methyl/N-ethyl adjacent to an activating group) is 1. The highest BCUT2D eigenvalue weighted by molar-refractivity contribution is 5.92. The molecular formula is C18H17FN2O6. The summed E-state index contributed by atoms with van der Waals surface area (Å²) in [5.41, 5.74) is -0.160. The first-order chi connectivity index (χ1) is 12.8. The molecule has 142 valence electrons. The number of carbonyl (C=O) groups is 2. The lowest BCUT2D eigenvalue weighted by Gasteiger charge is -2.17. The molecule has 0 aliphatic rings. The molecule has 0 bridgehead atoms. The van der Waals surface area contributed by atoms with Gasteiger partial charge in [0.15, 0.2) is 12.4 Å². The van der Waals surface area contributed by atoms with Crippen LogP contribution in [0.15, 0.2) is 42.5 Å². The molecule has 0 N–H and O–H groups in total. The molecule has 0 unspecified atom stereocenters. The number of nitro benzene ring substituents is 1. The Labute approximate surface area is 154 Å². The van der Waals surface area contributed by atoms with E-state index in [9.17, 15) is 24.1 Å². The Morgan fingerprint density at radius 2 is 1.93 bits per heavy atom. The molecule has 27 heavy (non-hydrogen) atoms. The number of nitro groups is 1. The van der Waals surface area contributed by atoms with Crippen LogP contribution < -0.4 is 4.74 Å². The normalized spacial score (nSPS) is 10.2. The van der Waals surface area contributed by atoms with E-state index in [4.69, 9.17) is 9.47 Å². The Kier molecular flexibility index (Phi) is 6.42. The molecule has 0 fully saturated rings. The van der Waals surface area contributed by atoms with Crippen LogP contribution in [0, 0.1) is 15.9 Å². The van der Waals surface area contributed by atoms with Gasteiger partial charge in [-0.25, -0.2) is 9.18 Å². The van der Waals surface area contributed by atoms with Gasteiger partial charge in [-0.2, -0.15) is 0 Å². The van der Waals surface area contributed by atoms with Gasteiger partial charge in [0.2, 0.25) is 0 Å². The Balaban J connectivity index is 1.98. The van der Waals surface area contributed by atoms with Gasteiger partial charge in [-0.05, 0) is 18.2 Å². The Hall–Kier alpha value is -3.49. The molecule has 0 saturated heterocycles. The van der Waals surface area contributed by atoms with E-state index in [0.29, 0.717) is 5.56 Å². The van der Waals surface area contributed by atoms with E-state index < -0.39 is 34.9 Å². The van der Waals surface area contributed by atoms with Crippen molar-refractivity contribution in [2.75, 3.05) is 20.8 Å². The first-order valence-corrected chi connectivity index (χ1v) is 7.80. The quantitative estimate of drug-likeness (QED) is 0.418. The molecule has 1 amide bonds. The van der Waals surface area contributed by atoms with E-state index in [0.717, 1.165) is 6.07 Å². The lowest BCUT2D eigenvalue weighted by Crippen LogP contribution is -2.31. The maximum Gasteiger partial charge on any atom is 0.338 e. The predicted molar refractivity (Wildman–Crippen MR) is 92.8 cm³/mol. The van der Waals surface area contributed by atoms with Crippen molar-refractivity contribution in [2.24, 2.45) is 0 Å². The van der Waals surface area contributed by atoms with E-state index in [1.54, 1.807) is 12.1 Å². The van der Waals surface area contributed by atoms with Crippen LogP contribution in [0.4, 0.5) is 10.1 Å². The average Bonchev–Trinajstić information content (AvgIpc) is 2.66. The van der Waals surface area contributed by atoms with Crippen LogP contribution in [0.5, 0.6) is 5.75 Å². The largest absolute Gasteiger partial charge is 0.490 e. The number of amides is 1. The van der Waals surface area contributed by atoms with Crippen LogP contribution in [0.25, 0.3) is 0 Å². The SMILES string of the molecule is COc1ccc(C(=O)OCC(=O)N(C)Cc2ccccc2F)cc1[N+](=O)[O-]. The number of hydrogen-bond acceptors (Lipinski definition) is 6. The van der Waals surface area contributed by atoms with Gasteiger partial charge < -0.3 is 14.4 Å². The lowest BCUT2D eigenvalue weighted by molar-refractivity contribution is -0.385. The minimum Gasteiger partial charge on any atom is -0.490 e. The van der Waals surface area contributed by atoms with E-state index in [1.165, 1.54) is 43.3 Å². The van der Waals surface area contributed by atoms with Gasteiger partial charge in [-0.1, -0.05) is 18.2 Å². The number of rotatable bonds is 7. The zero-order valence-electron chi connectivity index (χ0n) is 14.7. The summed E-state index contributed by atoms with van der Waals surface area (Å²) in [5, 5.41) is 11.0. The van der Waals surface area contributed by atoms with E-state index in [-0.39, 0.29) is 17.9 Å². The fourth-order valence-electron chi connectivity index (χ4n) is 2.25. The lowest BCUT2D eigenvalue weighted by atomic mass is 10.2. The van der Waals surface area contributed by atoms with E-state index >= 15 is 0 Å². The highest BCUT2D eigenvalue weighted by atomic mass is 19.1. The van der Waals surface area contributed by atoms with Gasteiger partial charge in [-0.15, -0.1) is 0 Å². The van der Waals surface area contributed by atoms with Crippen molar-refractivity contribution in [3.05, 3.63) is 69.5 Å². The highest BCUT2D eigenvalue weighted by Gasteiger charge is 2.20. The summed E-state index contributed by atoms with van der Waals surface area (Å²) in [6.45, 7) is -0.569. The van der Waals surface area contributed by atoms with Crippen LogP contribution >= 0.6 is 0 Å². The molecular weight excluding hydrogens is 359 g/mol. The summed E-state index contributed by atoms with van der Waals surface area (Å²) in [6.07, 6.45) is 0. The minimum absolute atomic E-state index is 0.00255. The van der Waals surface area contributed by atoms with Gasteiger partial charge in [0.25, 0.3) is 5.91 Å². The van der Waals surface area contributed by atoms with Crippen LogP contribution in [0.3, 0.4) is 0 Å². The van der Waals surface area contributed by atoms with Gasteiger partial charge in [0.05, 0.1) is 17.6 Å². The molecule has 0 aromatic heterocycles. The van der Waals surface area contributed by atoms with Crippen molar-refractivity contribution in [3.8, 4) is 5.75 Å². The number of benzene rings is 2. The van der Waals surface area contributed by atoms with Crippen molar-refractivity contribution in [1.82, 2.24) is 4.90 Å².